The van der Waals surface area contributed by atoms with Crippen LogP contribution in [0.15, 0.2) is 65.1 Å². The minimum absolute atomic E-state index is 0.279. The molecule has 0 saturated heterocycles. The second-order valence-corrected chi connectivity index (χ2v) is 7.97. The van der Waals surface area contributed by atoms with Crippen molar-refractivity contribution in [2.75, 3.05) is 29.2 Å². The molecule has 1 atom stereocenters. The van der Waals surface area contributed by atoms with Crippen LogP contribution < -0.4 is 15.4 Å². The van der Waals surface area contributed by atoms with Crippen molar-refractivity contribution in [3.63, 3.8) is 0 Å². The van der Waals surface area contributed by atoms with E-state index in [2.05, 4.69) is 10.6 Å². The second-order valence-electron chi connectivity index (χ2n) is 6.51. The molecule has 2 N–H and O–H groups in total. The predicted octanol–water partition coefficient (Wildman–Crippen LogP) is 3.59. The Balaban J connectivity index is 1.55. The van der Waals surface area contributed by atoms with Gasteiger partial charge in [-0.25, -0.2) is 0 Å². The first-order valence-corrected chi connectivity index (χ1v) is 10.7. The Morgan fingerprint density at radius 1 is 0.933 bits per heavy atom. The van der Waals surface area contributed by atoms with E-state index in [0.717, 1.165) is 11.3 Å². The molecule has 1 unspecified atom stereocenters. The molecule has 156 valence electrons. The number of ether oxygens (including phenoxy) is 1. The third-order valence-electron chi connectivity index (χ3n) is 4.16. The number of carbonyl (C=O) groups excluding carboxylic acids is 2. The molecule has 0 aliphatic carbocycles. The first kappa shape index (κ1) is 21.3. The normalized spacial score (nSPS) is 11.5. The third-order valence-corrected chi connectivity index (χ3v) is 5.33. The van der Waals surface area contributed by atoms with Crippen molar-refractivity contribution in [2.45, 2.75) is 6.92 Å². The maximum atomic E-state index is 12.3. The van der Waals surface area contributed by atoms with Gasteiger partial charge in [-0.2, -0.15) is 0 Å². The van der Waals surface area contributed by atoms with Gasteiger partial charge in [0.1, 0.15) is 28.8 Å². The van der Waals surface area contributed by atoms with Gasteiger partial charge in [0.25, 0.3) is 0 Å². The summed E-state index contributed by atoms with van der Waals surface area (Å²) in [6.07, 6.45) is 0. The number of benzene rings is 2. The van der Waals surface area contributed by atoms with Crippen molar-refractivity contribution in [3.05, 3.63) is 66.4 Å². The number of furan rings is 1. The van der Waals surface area contributed by atoms with E-state index in [-0.39, 0.29) is 11.5 Å². The molecule has 0 aliphatic rings. The molecule has 0 aliphatic heterocycles. The number of hydrogen-bond acceptors (Lipinski definition) is 5. The minimum atomic E-state index is -1.65. The average Bonchev–Trinajstić information content (AvgIpc) is 3.14. The first-order valence-electron chi connectivity index (χ1n) is 9.19. The highest BCUT2D eigenvalue weighted by atomic mass is 32.2. The Labute approximate surface area is 176 Å². The molecule has 0 spiro atoms. The van der Waals surface area contributed by atoms with E-state index in [4.69, 9.17) is 9.15 Å². The number of amides is 2. The van der Waals surface area contributed by atoms with E-state index >= 15 is 0 Å². The SMILES string of the molecule is COc1ccc(NC(=O)CS(=O)CC(=O)Nc2ccccc2-c2ccc(C)o2)cc1. The molecular formula is C22H22N2O5S. The van der Waals surface area contributed by atoms with Crippen molar-refractivity contribution in [1.29, 1.82) is 0 Å². The van der Waals surface area contributed by atoms with Crippen LogP contribution in [0.5, 0.6) is 5.75 Å². The first-order chi connectivity index (χ1) is 14.4. The van der Waals surface area contributed by atoms with Crippen molar-refractivity contribution in [1.82, 2.24) is 0 Å². The van der Waals surface area contributed by atoms with Crippen LogP contribution in [0.4, 0.5) is 11.4 Å². The number of hydrogen-bond donors (Lipinski definition) is 2. The van der Waals surface area contributed by atoms with Crippen molar-refractivity contribution >= 4 is 34.0 Å². The molecule has 2 aromatic carbocycles. The van der Waals surface area contributed by atoms with E-state index in [1.54, 1.807) is 43.5 Å². The number of rotatable bonds is 8. The van der Waals surface area contributed by atoms with E-state index in [1.807, 2.05) is 31.2 Å². The number of carbonyl (C=O) groups is 2. The molecule has 30 heavy (non-hydrogen) atoms. The van der Waals surface area contributed by atoms with Gasteiger partial charge in [-0.05, 0) is 55.5 Å². The second kappa shape index (κ2) is 9.89. The lowest BCUT2D eigenvalue weighted by atomic mass is 10.1. The van der Waals surface area contributed by atoms with Crippen LogP contribution in [0.25, 0.3) is 11.3 Å². The third kappa shape index (κ3) is 5.81. The summed E-state index contributed by atoms with van der Waals surface area (Å²) in [7, 11) is -0.101. The highest BCUT2D eigenvalue weighted by Crippen LogP contribution is 2.29. The summed E-state index contributed by atoms with van der Waals surface area (Å²) in [5.41, 5.74) is 1.84. The zero-order chi connectivity index (χ0) is 21.5. The summed E-state index contributed by atoms with van der Waals surface area (Å²) in [6, 6.07) is 17.6. The Bertz CT molecular complexity index is 1060. The Morgan fingerprint density at radius 3 is 2.23 bits per heavy atom. The van der Waals surface area contributed by atoms with Gasteiger partial charge in [0, 0.05) is 22.1 Å². The number of methoxy groups -OCH3 is 1. The van der Waals surface area contributed by atoms with Gasteiger partial charge in [0.2, 0.25) is 11.8 Å². The fourth-order valence-electron chi connectivity index (χ4n) is 2.79. The lowest BCUT2D eigenvalue weighted by molar-refractivity contribution is -0.114. The lowest BCUT2D eigenvalue weighted by Gasteiger charge is -2.10. The molecule has 0 radical (unpaired) electrons. The van der Waals surface area contributed by atoms with Gasteiger partial charge < -0.3 is 19.8 Å². The summed E-state index contributed by atoms with van der Waals surface area (Å²) >= 11 is 0. The largest absolute Gasteiger partial charge is 0.497 e. The summed E-state index contributed by atoms with van der Waals surface area (Å²) < 4.78 is 22.9. The molecule has 8 heteroatoms. The van der Waals surface area contributed by atoms with E-state index in [0.29, 0.717) is 22.9 Å². The van der Waals surface area contributed by atoms with E-state index < -0.39 is 22.6 Å². The number of aryl methyl sites for hydroxylation is 1. The predicted molar refractivity (Wildman–Crippen MR) is 117 cm³/mol. The molecule has 0 bridgehead atoms. The summed E-state index contributed by atoms with van der Waals surface area (Å²) in [5, 5.41) is 5.40. The van der Waals surface area contributed by atoms with Crippen LogP contribution in [0.1, 0.15) is 5.76 Å². The van der Waals surface area contributed by atoms with Crippen LogP contribution in [0.2, 0.25) is 0 Å². The summed E-state index contributed by atoms with van der Waals surface area (Å²) in [5.74, 6) is 0.607. The molecule has 7 nitrogen and oxygen atoms in total. The molecule has 1 heterocycles. The van der Waals surface area contributed by atoms with Gasteiger partial charge in [0.05, 0.1) is 12.8 Å². The summed E-state index contributed by atoms with van der Waals surface area (Å²) in [6.45, 7) is 1.84. The Morgan fingerprint density at radius 2 is 1.60 bits per heavy atom. The Kier molecular flexibility index (Phi) is 7.03. The molecule has 1 aromatic heterocycles. The van der Waals surface area contributed by atoms with Gasteiger partial charge in [0.15, 0.2) is 0 Å². The van der Waals surface area contributed by atoms with Crippen LogP contribution in [0, 0.1) is 6.92 Å². The maximum Gasteiger partial charge on any atom is 0.237 e. The topological polar surface area (TPSA) is 97.6 Å². The molecule has 3 aromatic rings. The van der Waals surface area contributed by atoms with E-state index in [1.165, 1.54) is 0 Å². The molecule has 3 rings (SSSR count). The molecule has 2 amide bonds. The van der Waals surface area contributed by atoms with Gasteiger partial charge in [-0.1, -0.05) is 12.1 Å². The van der Waals surface area contributed by atoms with Crippen LogP contribution in [-0.4, -0.2) is 34.6 Å². The fraction of sp³-hybridized carbons (Fsp3) is 0.182. The monoisotopic (exact) mass is 426 g/mol. The quantitative estimate of drug-likeness (QED) is 0.574. The van der Waals surface area contributed by atoms with E-state index in [9.17, 15) is 13.8 Å². The van der Waals surface area contributed by atoms with Crippen LogP contribution in [0.3, 0.4) is 0 Å². The smallest absolute Gasteiger partial charge is 0.237 e. The number of anilines is 2. The number of nitrogens with one attached hydrogen (secondary N) is 2. The standard InChI is InChI=1S/C22H22N2O5S/c1-15-7-12-20(29-15)18-5-3-4-6-19(18)24-22(26)14-30(27)13-21(25)23-16-8-10-17(28-2)11-9-16/h3-12H,13-14H2,1-2H3,(H,23,25)(H,24,26). The van der Waals surface area contributed by atoms with Crippen LogP contribution >= 0.6 is 0 Å². The molecule has 0 fully saturated rings. The van der Waals surface area contributed by atoms with Crippen molar-refractivity contribution < 1.29 is 23.0 Å². The van der Waals surface area contributed by atoms with Crippen molar-refractivity contribution in [3.8, 4) is 17.1 Å². The fourth-order valence-corrected chi connectivity index (χ4v) is 3.62. The lowest BCUT2D eigenvalue weighted by Crippen LogP contribution is -2.26. The number of para-hydroxylation sites is 1. The maximum absolute atomic E-state index is 12.3. The highest BCUT2D eigenvalue weighted by molar-refractivity contribution is 7.86. The van der Waals surface area contributed by atoms with Crippen molar-refractivity contribution in [2.24, 2.45) is 0 Å². The minimum Gasteiger partial charge on any atom is -0.497 e. The Hall–Kier alpha value is -3.39. The van der Waals surface area contributed by atoms with Gasteiger partial charge >= 0.3 is 0 Å². The zero-order valence-corrected chi connectivity index (χ0v) is 17.5. The molecular weight excluding hydrogens is 404 g/mol. The van der Waals surface area contributed by atoms with Gasteiger partial charge in [-0.3, -0.25) is 13.8 Å². The zero-order valence-electron chi connectivity index (χ0n) is 16.6. The summed E-state index contributed by atoms with van der Waals surface area (Å²) in [4.78, 5) is 24.4. The van der Waals surface area contributed by atoms with Gasteiger partial charge in [-0.15, -0.1) is 0 Å². The average molecular weight is 426 g/mol. The van der Waals surface area contributed by atoms with Crippen LogP contribution in [-0.2, 0) is 20.4 Å². The highest BCUT2D eigenvalue weighted by Gasteiger charge is 2.15. The molecule has 0 saturated carbocycles.